The molecule has 0 radical (unpaired) electrons. The largest absolute Gasteiger partial charge is 0.496 e. The van der Waals surface area contributed by atoms with Crippen LogP contribution in [-0.2, 0) is 4.57 Å². The zero-order valence-corrected chi connectivity index (χ0v) is 19.6. The van der Waals surface area contributed by atoms with Gasteiger partial charge >= 0.3 is 0 Å². The summed E-state index contributed by atoms with van der Waals surface area (Å²) >= 11 is 0. The van der Waals surface area contributed by atoms with Gasteiger partial charge in [0.1, 0.15) is 22.8 Å². The van der Waals surface area contributed by atoms with Crippen LogP contribution in [0.3, 0.4) is 0 Å². The molecule has 0 N–H and O–H groups in total. The topological polar surface area (TPSA) is 78.9 Å². The van der Waals surface area contributed by atoms with Crippen LogP contribution < -0.4 is 19.5 Å². The molecule has 0 spiro atoms. The van der Waals surface area contributed by atoms with E-state index >= 15 is 0 Å². The van der Waals surface area contributed by atoms with Gasteiger partial charge < -0.3 is 18.8 Å². The first-order valence-corrected chi connectivity index (χ1v) is 11.6. The third-order valence-corrected chi connectivity index (χ3v) is 7.93. The van der Waals surface area contributed by atoms with Gasteiger partial charge in [0.25, 0.3) is 0 Å². The highest BCUT2D eigenvalue weighted by atomic mass is 31.2. The minimum atomic E-state index is -4.33. The van der Waals surface area contributed by atoms with Gasteiger partial charge in [-0.25, -0.2) is 0 Å². The molecule has 0 amide bonds. The third kappa shape index (κ3) is 3.94. The lowest BCUT2D eigenvalue weighted by Crippen LogP contribution is -2.22. The Balaban J connectivity index is 2.33. The number of carbonyl (C=O) groups is 2. The Bertz CT molecular complexity index is 1170. The van der Waals surface area contributed by atoms with Crippen molar-refractivity contribution in [3.8, 4) is 17.2 Å². The summed E-state index contributed by atoms with van der Waals surface area (Å²) < 4.78 is 30.6. The standard InChI is InChI=1S/C25H25O6P/c1-16-10-9-11-17(2)22(16)24(26)32(28,19-12-7-6-8-13-19)25(27)23-20(30-4)14-18(29-3)15-21(23)31-5/h6-15H,1-5H3. The van der Waals surface area contributed by atoms with Crippen LogP contribution in [0.4, 0.5) is 0 Å². The van der Waals surface area contributed by atoms with Gasteiger partial charge in [-0.15, -0.1) is 0 Å². The summed E-state index contributed by atoms with van der Waals surface area (Å²) in [6.45, 7) is 3.52. The molecule has 166 valence electrons. The smallest absolute Gasteiger partial charge is 0.249 e. The van der Waals surface area contributed by atoms with Crippen LogP contribution in [0.25, 0.3) is 0 Å². The molecule has 6 nitrogen and oxygen atoms in total. The van der Waals surface area contributed by atoms with Gasteiger partial charge in [0.05, 0.1) is 21.3 Å². The predicted octanol–water partition coefficient (Wildman–Crippen LogP) is 5.00. The first-order chi connectivity index (χ1) is 15.3. The van der Waals surface area contributed by atoms with Crippen molar-refractivity contribution in [1.29, 1.82) is 0 Å². The summed E-state index contributed by atoms with van der Waals surface area (Å²) in [7, 11) is -0.105. The third-order valence-electron chi connectivity index (χ3n) is 5.32. The van der Waals surface area contributed by atoms with E-state index in [1.165, 1.54) is 45.6 Å². The summed E-state index contributed by atoms with van der Waals surface area (Å²) in [5, 5.41) is 0.151. The van der Waals surface area contributed by atoms with Crippen molar-refractivity contribution in [3.63, 3.8) is 0 Å². The van der Waals surface area contributed by atoms with Gasteiger partial charge in [-0.1, -0.05) is 48.5 Å². The van der Waals surface area contributed by atoms with Crippen LogP contribution >= 0.6 is 7.14 Å². The lowest BCUT2D eigenvalue weighted by atomic mass is 10.0. The maximum atomic E-state index is 14.6. The molecular weight excluding hydrogens is 427 g/mol. The molecule has 0 fully saturated rings. The van der Waals surface area contributed by atoms with Crippen LogP contribution in [-0.4, -0.2) is 32.4 Å². The molecule has 3 rings (SSSR count). The van der Waals surface area contributed by atoms with Gasteiger partial charge in [-0.2, -0.15) is 0 Å². The van der Waals surface area contributed by atoms with Crippen molar-refractivity contribution >= 4 is 23.5 Å². The predicted molar refractivity (Wildman–Crippen MR) is 124 cm³/mol. The minimum absolute atomic E-state index is 0.0671. The minimum Gasteiger partial charge on any atom is -0.496 e. The number of benzene rings is 3. The molecule has 0 saturated heterocycles. The van der Waals surface area contributed by atoms with E-state index in [2.05, 4.69) is 0 Å². The Morgan fingerprint density at radius 2 is 1.19 bits per heavy atom. The van der Waals surface area contributed by atoms with Crippen molar-refractivity contribution in [2.24, 2.45) is 0 Å². The van der Waals surface area contributed by atoms with Crippen molar-refractivity contribution in [1.82, 2.24) is 0 Å². The highest BCUT2D eigenvalue weighted by molar-refractivity contribution is 8.01. The van der Waals surface area contributed by atoms with Crippen LogP contribution in [0, 0.1) is 13.8 Å². The van der Waals surface area contributed by atoms with E-state index in [-0.39, 0.29) is 27.9 Å². The number of carbonyl (C=O) groups excluding carboxylic acids is 2. The average molecular weight is 452 g/mol. The molecule has 0 aliphatic carbocycles. The quantitative estimate of drug-likeness (QED) is 0.448. The summed E-state index contributed by atoms with van der Waals surface area (Å²) in [6.07, 6.45) is 0. The maximum absolute atomic E-state index is 14.6. The highest BCUT2D eigenvalue weighted by Crippen LogP contribution is 2.54. The summed E-state index contributed by atoms with van der Waals surface area (Å²) in [4.78, 5) is 27.8. The lowest BCUT2D eigenvalue weighted by molar-refractivity contribution is 0.103. The highest BCUT2D eigenvalue weighted by Gasteiger charge is 2.46. The molecule has 32 heavy (non-hydrogen) atoms. The van der Waals surface area contributed by atoms with E-state index < -0.39 is 18.2 Å². The number of aryl methyl sites for hydroxylation is 2. The molecule has 3 aromatic carbocycles. The molecule has 0 bridgehead atoms. The van der Waals surface area contributed by atoms with Crippen molar-refractivity contribution < 1.29 is 28.4 Å². The number of hydrogen-bond acceptors (Lipinski definition) is 6. The second kappa shape index (κ2) is 9.41. The van der Waals surface area contributed by atoms with E-state index in [4.69, 9.17) is 14.2 Å². The lowest BCUT2D eigenvalue weighted by Gasteiger charge is -2.21. The number of ether oxygens (including phenoxy) is 3. The SMILES string of the molecule is COc1cc(OC)c(C(=O)P(=O)(C(=O)c2c(C)cccc2C)c2ccccc2)c(OC)c1. The zero-order chi connectivity index (χ0) is 23.5. The first-order valence-electron chi connectivity index (χ1n) is 9.91. The van der Waals surface area contributed by atoms with Crippen molar-refractivity contribution in [2.75, 3.05) is 21.3 Å². The number of rotatable bonds is 8. The molecule has 0 heterocycles. The second-order valence-corrected chi connectivity index (χ2v) is 9.78. The van der Waals surface area contributed by atoms with Crippen molar-refractivity contribution in [3.05, 3.63) is 82.9 Å². The Kier molecular flexibility index (Phi) is 6.85. The molecular formula is C25H25O6P. The molecule has 0 aromatic heterocycles. The number of hydrogen-bond donors (Lipinski definition) is 0. The van der Waals surface area contributed by atoms with Crippen LogP contribution in [0.1, 0.15) is 31.8 Å². The van der Waals surface area contributed by atoms with Gasteiger partial charge in [-0.3, -0.25) is 9.59 Å². The molecule has 0 aliphatic rings. The zero-order valence-electron chi connectivity index (χ0n) is 18.7. The fourth-order valence-electron chi connectivity index (χ4n) is 3.65. The van der Waals surface area contributed by atoms with Gasteiger partial charge in [-0.05, 0) is 25.0 Å². The molecule has 1 atom stereocenters. The summed E-state index contributed by atoms with van der Waals surface area (Å²) in [6, 6.07) is 16.4. The van der Waals surface area contributed by atoms with Gasteiger partial charge in [0, 0.05) is 23.0 Å². The molecule has 1 unspecified atom stereocenters. The second-order valence-electron chi connectivity index (χ2n) is 7.23. The Labute approximate surface area is 187 Å². The summed E-state index contributed by atoms with van der Waals surface area (Å²) in [5.74, 6) is 0.610. The van der Waals surface area contributed by atoms with E-state index in [1.807, 2.05) is 6.07 Å². The van der Waals surface area contributed by atoms with E-state index in [9.17, 15) is 14.2 Å². The molecule has 0 saturated carbocycles. The average Bonchev–Trinajstić information content (AvgIpc) is 2.82. The fourth-order valence-corrected chi connectivity index (χ4v) is 6.10. The van der Waals surface area contributed by atoms with E-state index in [1.54, 1.807) is 44.2 Å². The molecule has 0 aliphatic heterocycles. The molecule has 7 heteroatoms. The Hall–Kier alpha value is -3.37. The van der Waals surface area contributed by atoms with E-state index in [0.29, 0.717) is 16.9 Å². The fraction of sp³-hybridized carbons (Fsp3) is 0.200. The van der Waals surface area contributed by atoms with Crippen LogP contribution in [0.15, 0.2) is 60.7 Å². The maximum Gasteiger partial charge on any atom is 0.249 e. The van der Waals surface area contributed by atoms with Crippen molar-refractivity contribution in [2.45, 2.75) is 13.8 Å². The first kappa shape index (κ1) is 23.3. The normalized spacial score (nSPS) is 12.5. The Morgan fingerprint density at radius 3 is 1.66 bits per heavy atom. The van der Waals surface area contributed by atoms with Gasteiger partial charge in [0.15, 0.2) is 0 Å². The Morgan fingerprint density at radius 1 is 0.688 bits per heavy atom. The van der Waals surface area contributed by atoms with E-state index in [0.717, 1.165) is 0 Å². The monoisotopic (exact) mass is 452 g/mol. The number of methoxy groups -OCH3 is 3. The summed E-state index contributed by atoms with van der Waals surface area (Å²) in [5.41, 5.74) is -0.0702. The van der Waals surface area contributed by atoms with Gasteiger partial charge in [0.2, 0.25) is 18.2 Å². The van der Waals surface area contributed by atoms with Crippen LogP contribution in [0.2, 0.25) is 0 Å². The van der Waals surface area contributed by atoms with Crippen LogP contribution in [0.5, 0.6) is 17.2 Å². The molecule has 3 aromatic rings.